The summed E-state index contributed by atoms with van der Waals surface area (Å²) in [5, 5.41) is 15.5. The number of nitrogens with one attached hydrogen (secondary N) is 1. The van der Waals surface area contributed by atoms with Crippen molar-refractivity contribution in [1.82, 2.24) is 10.2 Å². The number of hydrogen-bond donors (Lipinski definition) is 2. The fraction of sp³-hybridized carbons (Fsp3) is 0.231. The molecular weight excluding hydrogens is 328 g/mol. The fourth-order valence-corrected chi connectivity index (χ4v) is 2.99. The van der Waals surface area contributed by atoms with Crippen molar-refractivity contribution in [3.8, 4) is 22.8 Å². The van der Waals surface area contributed by atoms with Crippen LogP contribution in [0.15, 0.2) is 16.6 Å². The summed E-state index contributed by atoms with van der Waals surface area (Å²) < 4.78 is 11.6. The van der Waals surface area contributed by atoms with Crippen LogP contribution in [0.5, 0.6) is 11.5 Å². The van der Waals surface area contributed by atoms with Crippen molar-refractivity contribution in [2.45, 2.75) is 13.3 Å². The molecule has 2 heterocycles. The predicted octanol–water partition coefficient (Wildman–Crippen LogP) is 2.83. The summed E-state index contributed by atoms with van der Waals surface area (Å²) in [6.45, 7) is 2.19. The van der Waals surface area contributed by atoms with E-state index in [1.807, 2.05) is 13.0 Å². The summed E-state index contributed by atoms with van der Waals surface area (Å²) in [5.74, 6) is 0.269. The molecule has 3 rings (SSSR count). The number of carbonyl (C=O) groups is 1. The van der Waals surface area contributed by atoms with Crippen molar-refractivity contribution in [3.05, 3.63) is 27.9 Å². The molecule has 20 heavy (non-hydrogen) atoms. The summed E-state index contributed by atoms with van der Waals surface area (Å²) in [6, 6.07) is 3.33. The lowest BCUT2D eigenvalue weighted by Gasteiger charge is -2.10. The van der Waals surface area contributed by atoms with Gasteiger partial charge in [-0.3, -0.25) is 5.10 Å². The Hall–Kier alpha value is -2.02. The van der Waals surface area contributed by atoms with E-state index >= 15 is 0 Å². The molecule has 6 nitrogen and oxygen atoms in total. The van der Waals surface area contributed by atoms with Gasteiger partial charge < -0.3 is 14.6 Å². The number of aromatic nitrogens is 2. The number of aromatic carboxylic acids is 1. The standard InChI is InChI=1S/C13H11BrN2O4/c1-2-6-7(8-4-9(13(17)18)16-15-8)3-10-12(11(6)14)20-5-19-10/h3-4H,2,5H2,1H3,(H,15,16)(H,17,18). The Balaban J connectivity index is 2.17. The van der Waals surface area contributed by atoms with Gasteiger partial charge in [0.25, 0.3) is 0 Å². The highest BCUT2D eigenvalue weighted by Crippen LogP contribution is 2.45. The maximum atomic E-state index is 10.9. The van der Waals surface area contributed by atoms with Crippen molar-refractivity contribution >= 4 is 21.9 Å². The zero-order valence-corrected chi connectivity index (χ0v) is 12.2. The van der Waals surface area contributed by atoms with Crippen LogP contribution in [0.2, 0.25) is 0 Å². The smallest absolute Gasteiger partial charge is 0.353 e. The van der Waals surface area contributed by atoms with E-state index < -0.39 is 5.97 Å². The van der Waals surface area contributed by atoms with Crippen LogP contribution in [0.3, 0.4) is 0 Å². The Morgan fingerprint density at radius 3 is 2.95 bits per heavy atom. The van der Waals surface area contributed by atoms with Crippen LogP contribution < -0.4 is 9.47 Å². The minimum absolute atomic E-state index is 0.0517. The number of hydrogen-bond acceptors (Lipinski definition) is 4. The Morgan fingerprint density at radius 2 is 2.30 bits per heavy atom. The molecule has 1 aliphatic heterocycles. The Bertz CT molecular complexity index is 696. The lowest BCUT2D eigenvalue weighted by atomic mass is 10.0. The predicted molar refractivity (Wildman–Crippen MR) is 74.2 cm³/mol. The molecular formula is C13H11BrN2O4. The largest absolute Gasteiger partial charge is 0.477 e. The second-order valence-corrected chi connectivity index (χ2v) is 5.07. The third-order valence-corrected chi connectivity index (χ3v) is 3.98. The van der Waals surface area contributed by atoms with E-state index in [-0.39, 0.29) is 12.5 Å². The fourth-order valence-electron chi connectivity index (χ4n) is 2.18. The van der Waals surface area contributed by atoms with E-state index in [9.17, 15) is 4.79 Å². The number of aromatic amines is 1. The van der Waals surface area contributed by atoms with E-state index in [0.717, 1.165) is 22.0 Å². The van der Waals surface area contributed by atoms with Crippen molar-refractivity contribution in [2.75, 3.05) is 6.79 Å². The molecule has 0 amide bonds. The number of H-pyrrole nitrogens is 1. The summed E-state index contributed by atoms with van der Waals surface area (Å²) in [6.07, 6.45) is 0.752. The van der Waals surface area contributed by atoms with Crippen molar-refractivity contribution in [3.63, 3.8) is 0 Å². The number of rotatable bonds is 3. The van der Waals surface area contributed by atoms with Gasteiger partial charge >= 0.3 is 5.97 Å². The van der Waals surface area contributed by atoms with Gasteiger partial charge in [0.05, 0.1) is 10.2 Å². The first-order chi connectivity index (χ1) is 9.61. The quantitative estimate of drug-likeness (QED) is 0.898. The number of carboxylic acids is 1. The Morgan fingerprint density at radius 1 is 1.50 bits per heavy atom. The van der Waals surface area contributed by atoms with Gasteiger partial charge in [0.2, 0.25) is 6.79 Å². The SMILES string of the molecule is CCc1c(-c2cc(C(=O)O)[nH]n2)cc2c(c1Br)OCO2. The summed E-state index contributed by atoms with van der Waals surface area (Å²) in [4.78, 5) is 10.9. The highest BCUT2D eigenvalue weighted by atomic mass is 79.9. The Kier molecular flexibility index (Phi) is 3.13. The van der Waals surface area contributed by atoms with Gasteiger partial charge in [-0.2, -0.15) is 5.10 Å². The van der Waals surface area contributed by atoms with Gasteiger partial charge in [-0.15, -0.1) is 0 Å². The van der Waals surface area contributed by atoms with Crippen molar-refractivity contribution in [2.24, 2.45) is 0 Å². The second kappa shape index (κ2) is 4.82. The van der Waals surface area contributed by atoms with Gasteiger partial charge in [0.15, 0.2) is 11.5 Å². The molecule has 0 unspecified atom stereocenters. The van der Waals surface area contributed by atoms with E-state index in [0.29, 0.717) is 17.2 Å². The third kappa shape index (κ3) is 1.94. The van der Waals surface area contributed by atoms with Crippen molar-refractivity contribution in [1.29, 1.82) is 0 Å². The van der Waals surface area contributed by atoms with E-state index in [1.165, 1.54) is 6.07 Å². The topological polar surface area (TPSA) is 84.4 Å². The highest BCUT2D eigenvalue weighted by Gasteiger charge is 2.24. The zero-order chi connectivity index (χ0) is 14.3. The molecule has 0 atom stereocenters. The summed E-state index contributed by atoms with van der Waals surface area (Å²) >= 11 is 3.52. The number of nitrogens with zero attached hydrogens (tertiary/aromatic N) is 1. The van der Waals surface area contributed by atoms with Crippen LogP contribution in [0, 0.1) is 0 Å². The van der Waals surface area contributed by atoms with Crippen molar-refractivity contribution < 1.29 is 19.4 Å². The molecule has 1 aromatic carbocycles. The lowest BCUT2D eigenvalue weighted by molar-refractivity contribution is 0.0690. The molecule has 0 aliphatic carbocycles. The molecule has 0 radical (unpaired) electrons. The Labute approximate surface area is 122 Å². The lowest BCUT2D eigenvalue weighted by Crippen LogP contribution is -1.95. The molecule has 1 aliphatic rings. The first-order valence-electron chi connectivity index (χ1n) is 6.01. The van der Waals surface area contributed by atoms with E-state index in [4.69, 9.17) is 14.6 Å². The molecule has 2 aromatic rings. The normalized spacial score (nSPS) is 12.7. The first-order valence-corrected chi connectivity index (χ1v) is 6.81. The molecule has 0 bridgehead atoms. The van der Waals surface area contributed by atoms with Gasteiger partial charge in [-0.25, -0.2) is 4.79 Å². The van der Waals surface area contributed by atoms with Crippen LogP contribution in [0.4, 0.5) is 0 Å². The monoisotopic (exact) mass is 338 g/mol. The van der Waals surface area contributed by atoms with Crippen LogP contribution in [0.25, 0.3) is 11.3 Å². The highest BCUT2D eigenvalue weighted by molar-refractivity contribution is 9.10. The van der Waals surface area contributed by atoms with Crippen LogP contribution in [-0.4, -0.2) is 28.1 Å². The molecule has 7 heteroatoms. The third-order valence-electron chi connectivity index (χ3n) is 3.14. The second-order valence-electron chi connectivity index (χ2n) is 4.28. The van der Waals surface area contributed by atoms with Gasteiger partial charge in [0.1, 0.15) is 5.69 Å². The zero-order valence-electron chi connectivity index (χ0n) is 10.6. The summed E-state index contributed by atoms with van der Waals surface area (Å²) in [7, 11) is 0. The first kappa shape index (κ1) is 13.0. The van der Waals surface area contributed by atoms with Gasteiger partial charge in [-0.05, 0) is 40.0 Å². The van der Waals surface area contributed by atoms with E-state index in [1.54, 1.807) is 0 Å². The van der Waals surface area contributed by atoms with Gasteiger partial charge in [0, 0.05) is 5.56 Å². The average Bonchev–Trinajstić information content (AvgIpc) is 3.07. The van der Waals surface area contributed by atoms with Crippen LogP contribution >= 0.6 is 15.9 Å². The number of fused-ring (bicyclic) bond motifs is 1. The van der Waals surface area contributed by atoms with E-state index in [2.05, 4.69) is 26.1 Å². The molecule has 2 N–H and O–H groups in total. The minimum Gasteiger partial charge on any atom is -0.477 e. The van der Waals surface area contributed by atoms with Crippen LogP contribution in [0.1, 0.15) is 23.0 Å². The molecule has 0 saturated heterocycles. The minimum atomic E-state index is -1.04. The summed E-state index contributed by atoms with van der Waals surface area (Å²) in [5.41, 5.74) is 2.44. The maximum absolute atomic E-state index is 10.9. The molecule has 1 aromatic heterocycles. The number of ether oxygens (including phenoxy) is 2. The van der Waals surface area contributed by atoms with Gasteiger partial charge in [-0.1, -0.05) is 6.92 Å². The molecule has 0 fully saturated rings. The number of benzene rings is 1. The van der Waals surface area contributed by atoms with Crippen LogP contribution in [-0.2, 0) is 6.42 Å². The molecule has 104 valence electrons. The average molecular weight is 339 g/mol. The molecule has 0 spiro atoms. The number of halogens is 1. The maximum Gasteiger partial charge on any atom is 0.353 e. The molecule has 0 saturated carbocycles. The number of carboxylic acid groups (broad SMARTS) is 1.